The summed E-state index contributed by atoms with van der Waals surface area (Å²) in [7, 11) is 0. The third kappa shape index (κ3) is 17.0. The van der Waals surface area contributed by atoms with Gasteiger partial charge in [0.1, 0.15) is 0 Å². The fourth-order valence-electron chi connectivity index (χ4n) is 2.30. The van der Waals surface area contributed by atoms with Gasteiger partial charge in [-0.2, -0.15) is 0 Å². The number of carbonyl (C=O) groups is 1. The van der Waals surface area contributed by atoms with Crippen molar-refractivity contribution in [3.63, 3.8) is 0 Å². The number of hydrogen-bond donors (Lipinski definition) is 0. The summed E-state index contributed by atoms with van der Waals surface area (Å²) < 4.78 is 4.91. The molecule has 0 saturated carbocycles. The van der Waals surface area contributed by atoms with Crippen molar-refractivity contribution >= 4 is 5.97 Å². The molecule has 0 fully saturated rings. The highest BCUT2D eigenvalue weighted by atomic mass is 16.5. The Kier molecular flexibility index (Phi) is 17.1. The lowest BCUT2D eigenvalue weighted by Crippen LogP contribution is -2.03. The minimum absolute atomic E-state index is 0.0450. The van der Waals surface area contributed by atoms with Crippen LogP contribution in [0, 0.1) is 0 Å². The van der Waals surface area contributed by atoms with Crippen molar-refractivity contribution in [3.8, 4) is 0 Å². The maximum absolute atomic E-state index is 11.1. The van der Waals surface area contributed by atoms with Crippen LogP contribution in [0.2, 0.25) is 0 Å². The van der Waals surface area contributed by atoms with E-state index < -0.39 is 0 Å². The molecule has 0 aromatic carbocycles. The molecule has 0 aromatic rings. The van der Waals surface area contributed by atoms with Crippen LogP contribution in [-0.4, -0.2) is 12.6 Å². The first-order valence-corrected chi connectivity index (χ1v) is 9.26. The number of carbonyl (C=O) groups excluding carboxylic acids is 1. The van der Waals surface area contributed by atoms with Crippen molar-refractivity contribution in [2.45, 2.75) is 90.9 Å². The van der Waals surface area contributed by atoms with Crippen molar-refractivity contribution in [1.29, 1.82) is 0 Å². The minimum atomic E-state index is -0.0450. The van der Waals surface area contributed by atoms with Gasteiger partial charge in [0.25, 0.3) is 0 Å². The van der Waals surface area contributed by atoms with E-state index in [-0.39, 0.29) is 5.97 Å². The second kappa shape index (κ2) is 18.0. The second-order valence-electron chi connectivity index (χ2n) is 5.79. The van der Waals surface area contributed by atoms with Crippen molar-refractivity contribution < 1.29 is 9.53 Å². The van der Waals surface area contributed by atoms with Crippen LogP contribution in [-0.2, 0) is 9.53 Å². The van der Waals surface area contributed by atoms with Crippen LogP contribution in [0.5, 0.6) is 0 Å². The quantitative estimate of drug-likeness (QED) is 0.200. The predicted molar refractivity (Wildman–Crippen MR) is 96.0 cm³/mol. The van der Waals surface area contributed by atoms with Gasteiger partial charge in [0.15, 0.2) is 0 Å². The van der Waals surface area contributed by atoms with E-state index in [0.29, 0.717) is 13.0 Å². The standard InChI is InChI=1S/C20H36O2/c1-3-5-6-7-8-9-10-11-12-13-14-15-16-17-18-19-20(21)22-4-2/h7-8,10-11H,3-6,9,12-19H2,1-2H3. The smallest absolute Gasteiger partial charge is 0.305 e. The fraction of sp³-hybridized carbons (Fsp3) is 0.750. The molecule has 0 atom stereocenters. The Morgan fingerprint density at radius 2 is 1.36 bits per heavy atom. The van der Waals surface area contributed by atoms with Gasteiger partial charge in [-0.05, 0) is 39.0 Å². The van der Waals surface area contributed by atoms with E-state index in [1.54, 1.807) is 0 Å². The lowest BCUT2D eigenvalue weighted by atomic mass is 10.1. The summed E-state index contributed by atoms with van der Waals surface area (Å²) in [5.41, 5.74) is 0. The van der Waals surface area contributed by atoms with Gasteiger partial charge < -0.3 is 4.74 Å². The molecule has 0 rings (SSSR count). The summed E-state index contributed by atoms with van der Waals surface area (Å²) in [6.07, 6.45) is 23.1. The molecule has 0 aromatic heterocycles. The molecule has 0 bridgehead atoms. The van der Waals surface area contributed by atoms with E-state index in [0.717, 1.165) is 19.3 Å². The van der Waals surface area contributed by atoms with Gasteiger partial charge in [0, 0.05) is 6.42 Å². The maximum Gasteiger partial charge on any atom is 0.305 e. The van der Waals surface area contributed by atoms with Crippen LogP contribution in [0.25, 0.3) is 0 Å². The summed E-state index contributed by atoms with van der Waals surface area (Å²) in [4.78, 5) is 11.1. The van der Waals surface area contributed by atoms with E-state index in [9.17, 15) is 4.79 Å². The van der Waals surface area contributed by atoms with Crippen molar-refractivity contribution in [1.82, 2.24) is 0 Å². The van der Waals surface area contributed by atoms with Gasteiger partial charge in [-0.25, -0.2) is 0 Å². The molecule has 0 N–H and O–H groups in total. The van der Waals surface area contributed by atoms with Gasteiger partial charge in [-0.3, -0.25) is 4.79 Å². The summed E-state index contributed by atoms with van der Waals surface area (Å²) in [6, 6.07) is 0. The first kappa shape index (κ1) is 20.9. The highest BCUT2D eigenvalue weighted by Gasteiger charge is 2.00. The predicted octanol–water partition coefficient (Wildman–Crippen LogP) is 6.36. The molecule has 2 nitrogen and oxygen atoms in total. The summed E-state index contributed by atoms with van der Waals surface area (Å²) >= 11 is 0. The molecule has 2 heteroatoms. The number of allylic oxidation sites excluding steroid dienone is 4. The van der Waals surface area contributed by atoms with Gasteiger partial charge in [-0.15, -0.1) is 0 Å². The second-order valence-corrected chi connectivity index (χ2v) is 5.79. The van der Waals surface area contributed by atoms with Crippen LogP contribution in [0.15, 0.2) is 24.3 Å². The Labute approximate surface area is 138 Å². The highest BCUT2D eigenvalue weighted by Crippen LogP contribution is 2.09. The van der Waals surface area contributed by atoms with E-state index in [1.165, 1.54) is 51.4 Å². The summed E-state index contributed by atoms with van der Waals surface area (Å²) in [6.45, 7) is 4.59. The normalized spacial score (nSPS) is 11.5. The Bertz CT molecular complexity index is 292. The van der Waals surface area contributed by atoms with Gasteiger partial charge in [0.05, 0.1) is 6.61 Å². The molecule has 0 amide bonds. The molecule has 0 saturated heterocycles. The molecular weight excluding hydrogens is 272 g/mol. The zero-order valence-electron chi connectivity index (χ0n) is 14.8. The highest BCUT2D eigenvalue weighted by molar-refractivity contribution is 5.69. The number of hydrogen-bond acceptors (Lipinski definition) is 2. The molecule has 128 valence electrons. The first-order chi connectivity index (χ1) is 10.8. The molecule has 22 heavy (non-hydrogen) atoms. The number of ether oxygens (including phenoxy) is 1. The van der Waals surface area contributed by atoms with E-state index in [2.05, 4.69) is 31.2 Å². The van der Waals surface area contributed by atoms with E-state index in [1.807, 2.05) is 6.92 Å². The minimum Gasteiger partial charge on any atom is -0.466 e. The van der Waals surface area contributed by atoms with Crippen molar-refractivity contribution in [3.05, 3.63) is 24.3 Å². The van der Waals surface area contributed by atoms with Crippen LogP contribution < -0.4 is 0 Å². The molecule has 0 unspecified atom stereocenters. The third-order valence-electron chi connectivity index (χ3n) is 3.64. The van der Waals surface area contributed by atoms with Gasteiger partial charge in [0.2, 0.25) is 0 Å². The Hall–Kier alpha value is -1.05. The van der Waals surface area contributed by atoms with E-state index >= 15 is 0 Å². The zero-order valence-corrected chi connectivity index (χ0v) is 14.8. The monoisotopic (exact) mass is 308 g/mol. The van der Waals surface area contributed by atoms with Crippen LogP contribution in [0.3, 0.4) is 0 Å². The number of rotatable bonds is 15. The van der Waals surface area contributed by atoms with Crippen molar-refractivity contribution in [2.24, 2.45) is 0 Å². The Balaban J connectivity index is 3.19. The average molecular weight is 309 g/mol. The number of unbranched alkanes of at least 4 members (excludes halogenated alkanes) is 8. The SMILES string of the molecule is CCCCC=CCC=CCCCCCCCCC(=O)OCC. The number of esters is 1. The van der Waals surface area contributed by atoms with E-state index in [4.69, 9.17) is 4.74 Å². The molecule has 0 aliphatic heterocycles. The fourth-order valence-corrected chi connectivity index (χ4v) is 2.30. The molecule has 0 radical (unpaired) electrons. The molecular formula is C20H36O2. The van der Waals surface area contributed by atoms with Crippen LogP contribution >= 0.6 is 0 Å². The average Bonchev–Trinajstić information content (AvgIpc) is 2.51. The Morgan fingerprint density at radius 1 is 0.773 bits per heavy atom. The lowest BCUT2D eigenvalue weighted by Gasteiger charge is -2.02. The van der Waals surface area contributed by atoms with Gasteiger partial charge in [-0.1, -0.05) is 69.8 Å². The molecule has 0 aliphatic rings. The van der Waals surface area contributed by atoms with Crippen molar-refractivity contribution in [2.75, 3.05) is 6.61 Å². The summed E-state index contributed by atoms with van der Waals surface area (Å²) in [5, 5.41) is 0. The largest absolute Gasteiger partial charge is 0.466 e. The molecule has 0 aliphatic carbocycles. The maximum atomic E-state index is 11.1. The lowest BCUT2D eigenvalue weighted by molar-refractivity contribution is -0.143. The van der Waals surface area contributed by atoms with Crippen LogP contribution in [0.1, 0.15) is 90.9 Å². The van der Waals surface area contributed by atoms with Crippen LogP contribution in [0.4, 0.5) is 0 Å². The summed E-state index contributed by atoms with van der Waals surface area (Å²) in [5.74, 6) is -0.0450. The molecule has 0 spiro atoms. The third-order valence-corrected chi connectivity index (χ3v) is 3.64. The topological polar surface area (TPSA) is 26.3 Å². The zero-order chi connectivity index (χ0) is 16.3. The van der Waals surface area contributed by atoms with Gasteiger partial charge >= 0.3 is 5.97 Å². The first-order valence-electron chi connectivity index (χ1n) is 9.26. The molecule has 0 heterocycles. The Morgan fingerprint density at radius 3 is 2.00 bits per heavy atom.